The van der Waals surface area contributed by atoms with Crippen LogP contribution < -0.4 is 5.32 Å². The van der Waals surface area contributed by atoms with Gasteiger partial charge >= 0.3 is 0 Å². The van der Waals surface area contributed by atoms with Crippen LogP contribution in [0.3, 0.4) is 0 Å². The van der Waals surface area contributed by atoms with Crippen LogP contribution in [0.1, 0.15) is 44.1 Å². The molecule has 108 valence electrons. The molecule has 6 heteroatoms. The zero-order valence-corrected chi connectivity index (χ0v) is 13.4. The van der Waals surface area contributed by atoms with Crippen molar-refractivity contribution in [3.8, 4) is 0 Å². The van der Waals surface area contributed by atoms with E-state index in [-0.39, 0.29) is 17.9 Å². The largest absolute Gasteiger partial charge is 0.305 e. The van der Waals surface area contributed by atoms with E-state index in [1.807, 2.05) is 11.6 Å². The molecule has 0 aliphatic carbocycles. The molecule has 1 atom stereocenters. The van der Waals surface area contributed by atoms with Gasteiger partial charge in [-0.1, -0.05) is 6.92 Å². The lowest BCUT2D eigenvalue weighted by atomic mass is 10.1. The first-order valence-electron chi connectivity index (χ1n) is 6.61. The second kappa shape index (κ2) is 6.45. The molecule has 0 fully saturated rings. The van der Waals surface area contributed by atoms with E-state index in [2.05, 4.69) is 45.2 Å². The van der Waals surface area contributed by atoms with E-state index in [4.69, 9.17) is 0 Å². The van der Waals surface area contributed by atoms with E-state index in [1.54, 1.807) is 12.4 Å². The van der Waals surface area contributed by atoms with Gasteiger partial charge in [0.2, 0.25) is 0 Å². The van der Waals surface area contributed by atoms with Gasteiger partial charge in [0.25, 0.3) is 0 Å². The molecule has 4 nitrogen and oxygen atoms in total. The van der Waals surface area contributed by atoms with Crippen LogP contribution in [-0.2, 0) is 0 Å². The summed E-state index contributed by atoms with van der Waals surface area (Å²) in [6.07, 6.45) is 4.66. The Morgan fingerprint density at radius 2 is 2.10 bits per heavy atom. The van der Waals surface area contributed by atoms with Crippen molar-refractivity contribution in [3.63, 3.8) is 0 Å². The highest BCUT2D eigenvalue weighted by Gasteiger charge is 2.23. The van der Waals surface area contributed by atoms with Gasteiger partial charge in [-0.15, -0.1) is 0 Å². The molecule has 0 radical (unpaired) electrons. The standard InChI is InChI=1S/C14H18BrFN4/c1-4-18-13(10-5-11(16)7-17-6-10)14-12(15)8-19-20(14)9(2)3/h5-9,13,18H,4H2,1-3H3. The van der Waals surface area contributed by atoms with Crippen molar-refractivity contribution >= 4 is 15.9 Å². The fourth-order valence-corrected chi connectivity index (χ4v) is 2.70. The number of nitrogens with zero attached hydrogens (tertiary/aromatic N) is 3. The van der Waals surface area contributed by atoms with Gasteiger partial charge in [0.15, 0.2) is 0 Å². The van der Waals surface area contributed by atoms with Crippen LogP contribution in [0.2, 0.25) is 0 Å². The third-order valence-electron chi connectivity index (χ3n) is 3.02. The van der Waals surface area contributed by atoms with E-state index in [1.165, 1.54) is 12.3 Å². The zero-order valence-electron chi connectivity index (χ0n) is 11.8. The number of pyridine rings is 1. The molecule has 2 aromatic heterocycles. The van der Waals surface area contributed by atoms with Crippen LogP contribution >= 0.6 is 15.9 Å². The van der Waals surface area contributed by atoms with E-state index >= 15 is 0 Å². The monoisotopic (exact) mass is 340 g/mol. The molecule has 0 aliphatic heterocycles. The second-order valence-corrected chi connectivity index (χ2v) is 5.70. The maximum atomic E-state index is 13.4. The van der Waals surface area contributed by atoms with Crippen molar-refractivity contribution < 1.29 is 4.39 Å². The van der Waals surface area contributed by atoms with Gasteiger partial charge in [0.05, 0.1) is 28.6 Å². The van der Waals surface area contributed by atoms with Gasteiger partial charge in [-0.2, -0.15) is 5.10 Å². The van der Waals surface area contributed by atoms with E-state index < -0.39 is 0 Å². The first-order chi connectivity index (χ1) is 9.54. The molecular weight excluding hydrogens is 323 g/mol. The Morgan fingerprint density at radius 3 is 2.70 bits per heavy atom. The minimum Gasteiger partial charge on any atom is -0.305 e. The summed E-state index contributed by atoms with van der Waals surface area (Å²) in [5.41, 5.74) is 1.77. The number of hydrogen-bond donors (Lipinski definition) is 1. The Hall–Kier alpha value is -1.27. The lowest BCUT2D eigenvalue weighted by molar-refractivity contribution is 0.473. The molecule has 0 saturated heterocycles. The van der Waals surface area contributed by atoms with Crippen LogP contribution in [0.5, 0.6) is 0 Å². The smallest absolute Gasteiger partial charge is 0.141 e. The van der Waals surface area contributed by atoms with Crippen LogP contribution in [0.15, 0.2) is 29.1 Å². The fourth-order valence-electron chi connectivity index (χ4n) is 2.20. The van der Waals surface area contributed by atoms with Crippen molar-refractivity contribution in [2.45, 2.75) is 32.9 Å². The molecule has 0 bridgehead atoms. The van der Waals surface area contributed by atoms with Crippen molar-refractivity contribution in [2.24, 2.45) is 0 Å². The van der Waals surface area contributed by atoms with Gasteiger partial charge in [-0.05, 0) is 48.0 Å². The maximum absolute atomic E-state index is 13.4. The van der Waals surface area contributed by atoms with Crippen LogP contribution in [0.4, 0.5) is 4.39 Å². The molecule has 0 saturated carbocycles. The van der Waals surface area contributed by atoms with Gasteiger partial charge in [-0.25, -0.2) is 4.39 Å². The SMILES string of the molecule is CCNC(c1cncc(F)c1)c1c(Br)cnn1C(C)C. The number of halogens is 2. The topological polar surface area (TPSA) is 42.7 Å². The van der Waals surface area contributed by atoms with E-state index in [9.17, 15) is 4.39 Å². The Balaban J connectivity index is 2.51. The van der Waals surface area contributed by atoms with Crippen LogP contribution in [0.25, 0.3) is 0 Å². The van der Waals surface area contributed by atoms with Gasteiger partial charge < -0.3 is 5.32 Å². The fraction of sp³-hybridized carbons (Fsp3) is 0.429. The third kappa shape index (κ3) is 3.07. The molecular formula is C14H18BrFN4. The average Bonchev–Trinajstić information content (AvgIpc) is 2.78. The van der Waals surface area contributed by atoms with E-state index in [0.717, 1.165) is 22.3 Å². The molecule has 1 unspecified atom stereocenters. The number of nitrogens with one attached hydrogen (secondary N) is 1. The molecule has 0 amide bonds. The summed E-state index contributed by atoms with van der Waals surface area (Å²) in [6.45, 7) is 6.91. The van der Waals surface area contributed by atoms with Crippen molar-refractivity contribution in [3.05, 3.63) is 46.2 Å². The first-order valence-corrected chi connectivity index (χ1v) is 7.40. The van der Waals surface area contributed by atoms with Crippen LogP contribution in [-0.4, -0.2) is 21.3 Å². The molecule has 2 heterocycles. The number of hydrogen-bond acceptors (Lipinski definition) is 3. The Kier molecular flexibility index (Phi) is 4.88. The average molecular weight is 341 g/mol. The molecule has 0 spiro atoms. The molecule has 20 heavy (non-hydrogen) atoms. The Bertz CT molecular complexity index is 582. The first kappa shape index (κ1) is 15.1. The van der Waals surface area contributed by atoms with Gasteiger partial charge in [0.1, 0.15) is 5.82 Å². The molecule has 0 aliphatic rings. The summed E-state index contributed by atoms with van der Waals surface area (Å²) < 4.78 is 16.3. The predicted octanol–water partition coefficient (Wildman–Crippen LogP) is 3.46. The zero-order chi connectivity index (χ0) is 14.7. The summed E-state index contributed by atoms with van der Waals surface area (Å²) >= 11 is 3.53. The lowest BCUT2D eigenvalue weighted by Crippen LogP contribution is -2.26. The molecule has 1 N–H and O–H groups in total. The number of aromatic nitrogens is 3. The van der Waals surface area contributed by atoms with Gasteiger partial charge in [0, 0.05) is 12.2 Å². The lowest BCUT2D eigenvalue weighted by Gasteiger charge is -2.22. The quantitative estimate of drug-likeness (QED) is 0.906. The summed E-state index contributed by atoms with van der Waals surface area (Å²) in [6, 6.07) is 1.58. The Labute approximate surface area is 126 Å². The summed E-state index contributed by atoms with van der Waals surface area (Å²) in [5, 5.41) is 7.75. The summed E-state index contributed by atoms with van der Waals surface area (Å²) in [7, 11) is 0. The molecule has 2 aromatic rings. The minimum absolute atomic E-state index is 0.150. The highest BCUT2D eigenvalue weighted by molar-refractivity contribution is 9.10. The minimum atomic E-state index is -0.336. The normalized spacial score (nSPS) is 12.9. The highest BCUT2D eigenvalue weighted by Crippen LogP contribution is 2.30. The summed E-state index contributed by atoms with van der Waals surface area (Å²) in [4.78, 5) is 3.94. The maximum Gasteiger partial charge on any atom is 0.141 e. The van der Waals surface area contributed by atoms with Crippen molar-refractivity contribution in [1.82, 2.24) is 20.1 Å². The van der Waals surface area contributed by atoms with Gasteiger partial charge in [-0.3, -0.25) is 9.67 Å². The Morgan fingerprint density at radius 1 is 1.35 bits per heavy atom. The number of rotatable bonds is 5. The van der Waals surface area contributed by atoms with Crippen LogP contribution in [0, 0.1) is 5.82 Å². The predicted molar refractivity (Wildman–Crippen MR) is 80.0 cm³/mol. The van der Waals surface area contributed by atoms with Crippen molar-refractivity contribution in [1.29, 1.82) is 0 Å². The highest BCUT2D eigenvalue weighted by atomic mass is 79.9. The van der Waals surface area contributed by atoms with Crippen molar-refractivity contribution in [2.75, 3.05) is 6.54 Å². The molecule has 0 aromatic carbocycles. The summed E-state index contributed by atoms with van der Waals surface area (Å²) in [5.74, 6) is -0.336. The molecule has 2 rings (SSSR count). The van der Waals surface area contributed by atoms with E-state index in [0.29, 0.717) is 0 Å². The second-order valence-electron chi connectivity index (χ2n) is 4.84. The third-order valence-corrected chi connectivity index (χ3v) is 3.63.